The first-order valence-electron chi connectivity index (χ1n) is 4.98. The summed E-state index contributed by atoms with van der Waals surface area (Å²) in [6, 6.07) is 0. The Balaban J connectivity index is 4.36. The summed E-state index contributed by atoms with van der Waals surface area (Å²) in [6.45, 7) is 0. The molecule has 0 aliphatic rings. The molecular formula is C9H11F9. The summed E-state index contributed by atoms with van der Waals surface area (Å²) in [5, 5.41) is 0. The first kappa shape index (κ1) is 17.4. The Kier molecular flexibility index (Phi) is 5.80. The summed E-state index contributed by atoms with van der Waals surface area (Å²) in [5.41, 5.74) is -4.13. The van der Waals surface area contributed by atoms with Crippen LogP contribution in [0.2, 0.25) is 0 Å². The van der Waals surface area contributed by atoms with E-state index in [0.717, 1.165) is 0 Å². The van der Waals surface area contributed by atoms with Gasteiger partial charge in [0.05, 0.1) is 6.42 Å². The van der Waals surface area contributed by atoms with Crippen LogP contribution in [0.15, 0.2) is 0 Å². The second-order valence-corrected chi connectivity index (χ2v) is 3.88. The third-order valence-electron chi connectivity index (χ3n) is 2.27. The molecule has 0 saturated carbocycles. The largest absolute Gasteiger partial charge is 0.422 e. The molecular weight excluding hydrogens is 279 g/mol. The molecule has 0 N–H and O–H groups in total. The minimum atomic E-state index is -5.51. The van der Waals surface area contributed by atoms with Crippen molar-refractivity contribution < 1.29 is 39.5 Å². The quantitative estimate of drug-likeness (QED) is 0.475. The maximum absolute atomic E-state index is 13.3. The van der Waals surface area contributed by atoms with Crippen molar-refractivity contribution >= 4 is 0 Å². The molecule has 18 heavy (non-hydrogen) atoms. The van der Waals surface area contributed by atoms with Crippen LogP contribution < -0.4 is 0 Å². The fourth-order valence-corrected chi connectivity index (χ4v) is 1.33. The molecule has 9 heteroatoms. The van der Waals surface area contributed by atoms with Gasteiger partial charge in [0.15, 0.2) is 0 Å². The van der Waals surface area contributed by atoms with Gasteiger partial charge in [0.25, 0.3) is 0 Å². The van der Waals surface area contributed by atoms with E-state index in [9.17, 15) is 39.5 Å². The third kappa shape index (κ3) is 6.34. The van der Waals surface area contributed by atoms with Gasteiger partial charge in [-0.05, 0) is 19.3 Å². The highest BCUT2D eigenvalue weighted by molar-refractivity contribution is 4.88. The maximum Gasteiger partial charge on any atom is 0.422 e. The average Bonchev–Trinajstić information content (AvgIpc) is 2.08. The van der Waals surface area contributed by atoms with E-state index in [1.807, 2.05) is 0 Å². The molecule has 0 aliphatic carbocycles. The molecule has 0 rings (SSSR count). The Morgan fingerprint density at radius 2 is 1.17 bits per heavy atom. The Bertz CT molecular complexity index is 241. The lowest BCUT2D eigenvalue weighted by Gasteiger charge is -2.27. The molecule has 0 aromatic rings. The Morgan fingerprint density at radius 1 is 0.722 bits per heavy atom. The fourth-order valence-electron chi connectivity index (χ4n) is 1.33. The van der Waals surface area contributed by atoms with Crippen LogP contribution in [0, 0.1) is 0 Å². The van der Waals surface area contributed by atoms with Gasteiger partial charge in [-0.25, -0.2) is 13.2 Å². The van der Waals surface area contributed by atoms with Crippen LogP contribution in [0.25, 0.3) is 0 Å². The molecule has 0 radical (unpaired) electrons. The van der Waals surface area contributed by atoms with Crippen LogP contribution >= 0.6 is 0 Å². The normalized spacial score (nSPS) is 17.0. The van der Waals surface area contributed by atoms with E-state index in [-0.39, 0.29) is 0 Å². The van der Waals surface area contributed by atoms with Crippen LogP contribution in [-0.2, 0) is 0 Å². The third-order valence-corrected chi connectivity index (χ3v) is 2.27. The highest BCUT2D eigenvalue weighted by atomic mass is 19.4. The molecule has 1 atom stereocenters. The van der Waals surface area contributed by atoms with Crippen molar-refractivity contribution in [3.05, 3.63) is 0 Å². The zero-order chi connectivity index (χ0) is 14.6. The summed E-state index contributed by atoms with van der Waals surface area (Å²) in [4.78, 5) is 0. The van der Waals surface area contributed by atoms with E-state index in [1.54, 1.807) is 0 Å². The monoisotopic (exact) mass is 290 g/mol. The summed E-state index contributed by atoms with van der Waals surface area (Å²) in [6.07, 6.45) is -19.9. The topological polar surface area (TPSA) is 0 Å². The lowest BCUT2D eigenvalue weighted by Crippen LogP contribution is -2.42. The van der Waals surface area contributed by atoms with E-state index in [0.29, 0.717) is 0 Å². The van der Waals surface area contributed by atoms with Crippen molar-refractivity contribution in [1.82, 2.24) is 0 Å². The molecule has 0 fully saturated rings. The van der Waals surface area contributed by atoms with Crippen LogP contribution in [0.5, 0.6) is 0 Å². The molecule has 0 aliphatic heterocycles. The molecule has 0 heterocycles. The van der Waals surface area contributed by atoms with Gasteiger partial charge in [-0.3, -0.25) is 0 Å². The number of unbranched alkanes of at least 4 members (excludes halogenated alkanes) is 1. The number of hydrogen-bond acceptors (Lipinski definition) is 0. The van der Waals surface area contributed by atoms with Crippen LogP contribution in [0.3, 0.4) is 0 Å². The van der Waals surface area contributed by atoms with Gasteiger partial charge in [-0.1, -0.05) is 0 Å². The maximum atomic E-state index is 13.3. The van der Waals surface area contributed by atoms with Gasteiger partial charge in [-0.2, -0.15) is 26.3 Å². The SMILES string of the molecule is FC(F)CC(F)(CCCCC(F)(F)F)C(F)(F)F. The van der Waals surface area contributed by atoms with Gasteiger partial charge in [0.2, 0.25) is 12.1 Å². The molecule has 0 aromatic heterocycles. The van der Waals surface area contributed by atoms with E-state index >= 15 is 0 Å². The number of rotatable bonds is 6. The smallest absolute Gasteiger partial charge is 0.234 e. The predicted molar refractivity (Wildman–Crippen MR) is 45.0 cm³/mol. The van der Waals surface area contributed by atoms with Crippen molar-refractivity contribution in [3.8, 4) is 0 Å². The molecule has 0 amide bonds. The van der Waals surface area contributed by atoms with Gasteiger partial charge in [0, 0.05) is 6.42 Å². The Morgan fingerprint density at radius 3 is 1.50 bits per heavy atom. The molecule has 0 saturated heterocycles. The summed E-state index contributed by atoms with van der Waals surface area (Å²) < 4.78 is 109. The number of alkyl halides is 9. The number of halogens is 9. The second kappa shape index (κ2) is 6.01. The lowest BCUT2D eigenvalue weighted by molar-refractivity contribution is -0.243. The minimum absolute atomic E-state index is 0.728. The average molecular weight is 290 g/mol. The van der Waals surface area contributed by atoms with E-state index in [4.69, 9.17) is 0 Å². The van der Waals surface area contributed by atoms with Gasteiger partial charge >= 0.3 is 12.4 Å². The molecule has 0 spiro atoms. The van der Waals surface area contributed by atoms with Gasteiger partial charge in [0.1, 0.15) is 0 Å². The van der Waals surface area contributed by atoms with Gasteiger partial charge < -0.3 is 0 Å². The summed E-state index contributed by atoms with van der Waals surface area (Å²) in [7, 11) is 0. The molecule has 110 valence electrons. The first-order chi connectivity index (χ1) is 7.87. The van der Waals surface area contributed by atoms with Crippen molar-refractivity contribution in [2.24, 2.45) is 0 Å². The molecule has 0 aromatic carbocycles. The molecule has 0 nitrogen and oxygen atoms in total. The first-order valence-corrected chi connectivity index (χ1v) is 4.98. The Hall–Kier alpha value is -0.630. The fraction of sp³-hybridized carbons (Fsp3) is 1.00. The Labute approximate surface area is 97.1 Å². The van der Waals surface area contributed by atoms with E-state index in [1.165, 1.54) is 0 Å². The van der Waals surface area contributed by atoms with Crippen molar-refractivity contribution in [2.45, 2.75) is 56.6 Å². The lowest BCUT2D eigenvalue weighted by atomic mass is 9.94. The zero-order valence-electron chi connectivity index (χ0n) is 9.01. The van der Waals surface area contributed by atoms with E-state index < -0.39 is 56.6 Å². The highest BCUT2D eigenvalue weighted by Gasteiger charge is 2.56. The zero-order valence-corrected chi connectivity index (χ0v) is 9.01. The van der Waals surface area contributed by atoms with Crippen molar-refractivity contribution in [3.63, 3.8) is 0 Å². The summed E-state index contributed by atoms with van der Waals surface area (Å²) in [5.74, 6) is 0. The molecule has 1 unspecified atom stereocenters. The minimum Gasteiger partial charge on any atom is -0.234 e. The van der Waals surface area contributed by atoms with Gasteiger partial charge in [-0.15, -0.1) is 0 Å². The highest BCUT2D eigenvalue weighted by Crippen LogP contribution is 2.42. The van der Waals surface area contributed by atoms with E-state index in [2.05, 4.69) is 0 Å². The van der Waals surface area contributed by atoms with Crippen molar-refractivity contribution in [1.29, 1.82) is 0 Å². The standard InChI is InChI=1S/C9H11F9/c10-6(11)5-7(12,9(16,17)18)3-1-2-4-8(13,14)15/h6H,1-5H2. The van der Waals surface area contributed by atoms with Crippen LogP contribution in [-0.4, -0.2) is 24.4 Å². The number of hydrogen-bond donors (Lipinski definition) is 0. The van der Waals surface area contributed by atoms with Crippen molar-refractivity contribution in [2.75, 3.05) is 0 Å². The predicted octanol–water partition coefficient (Wildman–Crippen LogP) is 5.03. The molecule has 0 bridgehead atoms. The van der Waals surface area contributed by atoms with Crippen LogP contribution in [0.4, 0.5) is 39.5 Å². The second-order valence-electron chi connectivity index (χ2n) is 3.88. The van der Waals surface area contributed by atoms with Crippen LogP contribution in [0.1, 0.15) is 32.1 Å². The summed E-state index contributed by atoms with van der Waals surface area (Å²) >= 11 is 0.